The molecule has 6 nitrogen and oxygen atoms in total. The number of piperidine rings is 1. The number of aryl methyl sites for hydroxylation is 2. The number of amides is 1. The van der Waals surface area contributed by atoms with Crippen molar-refractivity contribution in [2.45, 2.75) is 39.2 Å². The van der Waals surface area contributed by atoms with Crippen molar-refractivity contribution in [3.63, 3.8) is 0 Å². The van der Waals surface area contributed by atoms with Crippen LogP contribution in [0.2, 0.25) is 0 Å². The molecule has 1 aromatic carbocycles. The van der Waals surface area contributed by atoms with Crippen LogP contribution in [0.25, 0.3) is 0 Å². The van der Waals surface area contributed by atoms with Crippen LogP contribution in [0, 0.1) is 13.8 Å². The average Bonchev–Trinajstić information content (AvgIpc) is 2.59. The van der Waals surface area contributed by atoms with Crippen LogP contribution in [0.3, 0.4) is 0 Å². The van der Waals surface area contributed by atoms with Crippen LogP contribution in [-0.2, 0) is 11.2 Å². The van der Waals surface area contributed by atoms with E-state index in [2.05, 4.69) is 27.4 Å². The predicted octanol–water partition coefficient (Wildman–Crippen LogP) is 2.32. The topological polar surface area (TPSA) is 84.1 Å². The molecule has 0 bridgehead atoms. The fraction of sp³-hybridized carbons (Fsp3) is 0.421. The van der Waals surface area contributed by atoms with Gasteiger partial charge >= 0.3 is 0 Å². The number of likely N-dealkylation sites (tertiary alicyclic amines) is 1. The van der Waals surface area contributed by atoms with E-state index in [1.807, 2.05) is 36.9 Å². The largest absolute Gasteiger partial charge is 0.381 e. The van der Waals surface area contributed by atoms with E-state index in [1.54, 1.807) is 0 Å². The summed E-state index contributed by atoms with van der Waals surface area (Å²) >= 11 is 0. The SMILES string of the molecule is Cc1nc(N)nc(C)c1CC(=O)N1CCC[C@@H](Nc2ccccc2)C1. The summed E-state index contributed by atoms with van der Waals surface area (Å²) in [7, 11) is 0. The van der Waals surface area contributed by atoms with Crippen molar-refractivity contribution in [2.75, 3.05) is 24.1 Å². The van der Waals surface area contributed by atoms with Crippen molar-refractivity contribution < 1.29 is 4.79 Å². The number of hydrogen-bond donors (Lipinski definition) is 2. The molecule has 3 rings (SSSR count). The van der Waals surface area contributed by atoms with Crippen LogP contribution < -0.4 is 11.1 Å². The zero-order valence-electron chi connectivity index (χ0n) is 14.8. The summed E-state index contributed by atoms with van der Waals surface area (Å²) in [5.74, 6) is 0.385. The van der Waals surface area contributed by atoms with Gasteiger partial charge in [-0.3, -0.25) is 4.79 Å². The fourth-order valence-electron chi connectivity index (χ4n) is 3.38. The first-order valence-electron chi connectivity index (χ1n) is 8.72. The van der Waals surface area contributed by atoms with E-state index >= 15 is 0 Å². The second kappa shape index (κ2) is 7.51. The standard InChI is InChI=1S/C19H25N5O/c1-13-17(14(2)22-19(20)21-13)11-18(25)24-10-6-9-16(12-24)23-15-7-4-3-5-8-15/h3-5,7-8,16,23H,6,9-12H2,1-2H3,(H2,20,21,22)/t16-/m1/s1. The molecule has 6 heteroatoms. The number of nitrogens with two attached hydrogens (primary N) is 1. The lowest BCUT2D eigenvalue weighted by molar-refractivity contribution is -0.131. The Kier molecular flexibility index (Phi) is 5.16. The Bertz CT molecular complexity index is 724. The molecule has 1 atom stereocenters. The zero-order chi connectivity index (χ0) is 17.8. The number of aromatic nitrogens is 2. The Balaban J connectivity index is 1.64. The monoisotopic (exact) mass is 339 g/mol. The number of benzene rings is 1. The minimum absolute atomic E-state index is 0.124. The lowest BCUT2D eigenvalue weighted by Gasteiger charge is -2.34. The van der Waals surface area contributed by atoms with Gasteiger partial charge < -0.3 is 16.0 Å². The van der Waals surface area contributed by atoms with E-state index in [0.717, 1.165) is 48.6 Å². The molecule has 1 aliphatic rings. The van der Waals surface area contributed by atoms with Crippen molar-refractivity contribution in [1.82, 2.24) is 14.9 Å². The molecule has 1 aromatic heterocycles. The second-order valence-electron chi connectivity index (χ2n) is 6.60. The van der Waals surface area contributed by atoms with Gasteiger partial charge in [0.15, 0.2) is 0 Å². The minimum atomic E-state index is 0.124. The average molecular weight is 339 g/mol. The summed E-state index contributed by atoms with van der Waals surface area (Å²) in [6, 6.07) is 10.4. The Morgan fingerprint density at radius 2 is 1.92 bits per heavy atom. The molecule has 1 amide bonds. The number of anilines is 2. The van der Waals surface area contributed by atoms with Crippen LogP contribution in [0.1, 0.15) is 29.8 Å². The molecular formula is C19H25N5O. The fourth-order valence-corrected chi connectivity index (χ4v) is 3.38. The van der Waals surface area contributed by atoms with Crippen LogP contribution in [-0.4, -0.2) is 39.9 Å². The minimum Gasteiger partial charge on any atom is -0.381 e. The Labute approximate surface area is 148 Å². The third-order valence-electron chi connectivity index (χ3n) is 4.68. The smallest absolute Gasteiger partial charge is 0.227 e. The lowest BCUT2D eigenvalue weighted by Crippen LogP contribution is -2.45. The molecule has 0 saturated carbocycles. The summed E-state index contributed by atoms with van der Waals surface area (Å²) in [5, 5.41) is 3.52. The molecule has 1 saturated heterocycles. The molecule has 0 aliphatic carbocycles. The molecule has 2 heterocycles. The number of para-hydroxylation sites is 1. The first-order chi connectivity index (χ1) is 12.0. The second-order valence-corrected chi connectivity index (χ2v) is 6.60. The van der Waals surface area contributed by atoms with Gasteiger partial charge in [-0.05, 0) is 38.8 Å². The van der Waals surface area contributed by atoms with E-state index in [4.69, 9.17) is 5.73 Å². The Morgan fingerprint density at radius 3 is 2.60 bits per heavy atom. The first kappa shape index (κ1) is 17.2. The van der Waals surface area contributed by atoms with Crippen molar-refractivity contribution in [3.8, 4) is 0 Å². The predicted molar refractivity (Wildman–Crippen MR) is 99.3 cm³/mol. The highest BCUT2D eigenvalue weighted by atomic mass is 16.2. The molecular weight excluding hydrogens is 314 g/mol. The summed E-state index contributed by atoms with van der Waals surface area (Å²) in [6.45, 7) is 5.29. The number of carbonyl (C=O) groups is 1. The summed E-state index contributed by atoms with van der Waals surface area (Å²) in [5.41, 5.74) is 9.22. The van der Waals surface area contributed by atoms with Crippen LogP contribution >= 0.6 is 0 Å². The molecule has 0 unspecified atom stereocenters. The molecule has 1 fully saturated rings. The van der Waals surface area contributed by atoms with E-state index in [9.17, 15) is 4.79 Å². The number of hydrogen-bond acceptors (Lipinski definition) is 5. The summed E-state index contributed by atoms with van der Waals surface area (Å²) in [6.07, 6.45) is 2.41. The van der Waals surface area contributed by atoms with Crippen LogP contribution in [0.15, 0.2) is 30.3 Å². The Hall–Kier alpha value is -2.63. The number of nitrogens with zero attached hydrogens (tertiary/aromatic N) is 3. The first-order valence-corrected chi connectivity index (χ1v) is 8.72. The van der Waals surface area contributed by atoms with Gasteiger partial charge in [0, 0.05) is 41.8 Å². The number of nitrogen functional groups attached to an aromatic ring is 1. The van der Waals surface area contributed by atoms with Gasteiger partial charge in [0.25, 0.3) is 0 Å². The molecule has 25 heavy (non-hydrogen) atoms. The van der Waals surface area contributed by atoms with Gasteiger partial charge in [0.05, 0.1) is 6.42 Å². The van der Waals surface area contributed by atoms with E-state index in [1.165, 1.54) is 0 Å². The molecule has 3 N–H and O–H groups in total. The normalized spacial score (nSPS) is 17.4. The summed E-state index contributed by atoms with van der Waals surface area (Å²) < 4.78 is 0. The van der Waals surface area contributed by atoms with Crippen molar-refractivity contribution in [1.29, 1.82) is 0 Å². The van der Waals surface area contributed by atoms with Gasteiger partial charge in [-0.1, -0.05) is 18.2 Å². The number of rotatable bonds is 4. The highest BCUT2D eigenvalue weighted by Gasteiger charge is 2.24. The van der Waals surface area contributed by atoms with Crippen molar-refractivity contribution in [2.24, 2.45) is 0 Å². The Morgan fingerprint density at radius 1 is 1.24 bits per heavy atom. The molecule has 1 aliphatic heterocycles. The molecule has 0 spiro atoms. The van der Waals surface area contributed by atoms with Crippen LogP contribution in [0.5, 0.6) is 0 Å². The third kappa shape index (κ3) is 4.26. The summed E-state index contributed by atoms with van der Waals surface area (Å²) in [4.78, 5) is 23.1. The van der Waals surface area contributed by atoms with Gasteiger partial charge in [0.2, 0.25) is 11.9 Å². The van der Waals surface area contributed by atoms with Crippen molar-refractivity contribution in [3.05, 3.63) is 47.3 Å². The maximum Gasteiger partial charge on any atom is 0.227 e. The quantitative estimate of drug-likeness (QED) is 0.893. The highest BCUT2D eigenvalue weighted by molar-refractivity contribution is 5.79. The van der Waals surface area contributed by atoms with Gasteiger partial charge in [-0.25, -0.2) is 9.97 Å². The van der Waals surface area contributed by atoms with Gasteiger partial charge in [0.1, 0.15) is 0 Å². The van der Waals surface area contributed by atoms with Gasteiger partial charge in [-0.15, -0.1) is 0 Å². The van der Waals surface area contributed by atoms with E-state index in [0.29, 0.717) is 6.42 Å². The lowest BCUT2D eigenvalue weighted by atomic mass is 10.0. The maximum absolute atomic E-state index is 12.8. The van der Waals surface area contributed by atoms with Crippen LogP contribution in [0.4, 0.5) is 11.6 Å². The zero-order valence-corrected chi connectivity index (χ0v) is 14.8. The molecule has 132 valence electrons. The third-order valence-corrected chi connectivity index (χ3v) is 4.68. The van der Waals surface area contributed by atoms with Gasteiger partial charge in [-0.2, -0.15) is 0 Å². The van der Waals surface area contributed by atoms with E-state index < -0.39 is 0 Å². The van der Waals surface area contributed by atoms with Crippen molar-refractivity contribution >= 4 is 17.5 Å². The molecule has 2 aromatic rings. The highest BCUT2D eigenvalue weighted by Crippen LogP contribution is 2.18. The number of nitrogens with one attached hydrogen (secondary N) is 1. The number of carbonyl (C=O) groups excluding carboxylic acids is 1. The van der Waals surface area contributed by atoms with E-state index in [-0.39, 0.29) is 17.9 Å². The molecule has 0 radical (unpaired) electrons. The maximum atomic E-state index is 12.8.